The summed E-state index contributed by atoms with van der Waals surface area (Å²) in [5.41, 5.74) is -0.937. The fourth-order valence-electron chi connectivity index (χ4n) is 2.66. The quantitative estimate of drug-likeness (QED) is 0.807. The molecule has 3 rings (SSSR count). The van der Waals surface area contributed by atoms with E-state index in [1.165, 1.54) is 6.07 Å². The summed E-state index contributed by atoms with van der Waals surface area (Å²) in [6, 6.07) is 4.90. The van der Waals surface area contributed by atoms with Gasteiger partial charge in [-0.1, -0.05) is 6.07 Å². The predicted molar refractivity (Wildman–Crippen MR) is 82.3 cm³/mol. The average Bonchev–Trinajstić information content (AvgIpc) is 2.66. The van der Waals surface area contributed by atoms with Gasteiger partial charge in [0.25, 0.3) is 0 Å². The van der Waals surface area contributed by atoms with Gasteiger partial charge >= 0.3 is 7.12 Å². The van der Waals surface area contributed by atoms with Gasteiger partial charge in [0.05, 0.1) is 23.4 Å². The van der Waals surface area contributed by atoms with Crippen LogP contribution in [-0.4, -0.2) is 30.0 Å². The molecule has 1 aromatic carbocycles. The molecule has 0 unspecified atom stereocenters. The Bertz CT molecular complexity index is 623. The van der Waals surface area contributed by atoms with Crippen LogP contribution in [0.3, 0.4) is 0 Å². The van der Waals surface area contributed by atoms with E-state index in [9.17, 15) is 5.11 Å². The van der Waals surface area contributed by atoms with Crippen molar-refractivity contribution in [3.8, 4) is 11.5 Å². The highest BCUT2D eigenvalue weighted by atomic mass is 19.1. The molecule has 1 N–H and O–H groups in total. The maximum absolute atomic E-state index is 15.0. The van der Waals surface area contributed by atoms with Crippen LogP contribution in [0, 0.1) is 0 Å². The summed E-state index contributed by atoms with van der Waals surface area (Å²) in [7, 11) is -1.06. The fourth-order valence-corrected chi connectivity index (χ4v) is 2.66. The molecule has 4 nitrogen and oxygen atoms in total. The van der Waals surface area contributed by atoms with Gasteiger partial charge in [0.1, 0.15) is 17.2 Å². The van der Waals surface area contributed by atoms with Gasteiger partial charge in [0, 0.05) is 6.42 Å². The Morgan fingerprint density at radius 2 is 1.82 bits per heavy atom. The number of aromatic hydroxyl groups is 1. The molecule has 0 amide bonds. The van der Waals surface area contributed by atoms with E-state index in [0.29, 0.717) is 29.9 Å². The topological polar surface area (TPSA) is 47.9 Å². The molecular formula is C16H20BFO4. The molecule has 1 fully saturated rings. The summed E-state index contributed by atoms with van der Waals surface area (Å²) in [5, 5.41) is 10.1. The van der Waals surface area contributed by atoms with Gasteiger partial charge in [0.2, 0.25) is 0 Å². The lowest BCUT2D eigenvalue weighted by Gasteiger charge is -2.32. The van der Waals surface area contributed by atoms with E-state index in [0.717, 1.165) is 0 Å². The number of benzene rings is 1. The largest absolute Gasteiger partial charge is 0.525 e. The van der Waals surface area contributed by atoms with Crippen molar-refractivity contribution in [2.24, 2.45) is 0 Å². The SMILES string of the molecule is CC1(C)OB(C(F)=C2CCOc3cccc(O)c32)OC1(C)C. The zero-order valence-electron chi connectivity index (χ0n) is 13.3. The molecule has 2 aliphatic rings. The number of ether oxygens (including phenoxy) is 1. The van der Waals surface area contributed by atoms with Gasteiger partial charge in [0.15, 0.2) is 0 Å². The molecule has 0 bridgehead atoms. The number of hydrogen-bond acceptors (Lipinski definition) is 4. The first-order valence-corrected chi connectivity index (χ1v) is 7.42. The van der Waals surface area contributed by atoms with Gasteiger partial charge in [-0.2, -0.15) is 0 Å². The number of hydrogen-bond donors (Lipinski definition) is 1. The third kappa shape index (κ3) is 2.30. The van der Waals surface area contributed by atoms with Crippen molar-refractivity contribution in [1.82, 2.24) is 0 Å². The molecule has 0 radical (unpaired) electrons. The van der Waals surface area contributed by atoms with Gasteiger partial charge in [-0.05, 0) is 45.4 Å². The molecule has 0 saturated carbocycles. The van der Waals surface area contributed by atoms with E-state index in [-0.39, 0.29) is 5.75 Å². The Morgan fingerprint density at radius 1 is 1.18 bits per heavy atom. The molecular weight excluding hydrogens is 286 g/mol. The summed E-state index contributed by atoms with van der Waals surface area (Å²) in [4.78, 5) is 0. The summed E-state index contributed by atoms with van der Waals surface area (Å²) in [6.07, 6.45) is 0.362. The fraction of sp³-hybridized carbons (Fsp3) is 0.500. The van der Waals surface area contributed by atoms with Crippen molar-refractivity contribution < 1.29 is 23.5 Å². The lowest BCUT2D eigenvalue weighted by atomic mass is 9.81. The molecule has 0 aliphatic carbocycles. The van der Waals surface area contributed by atoms with E-state index in [2.05, 4.69) is 0 Å². The predicted octanol–water partition coefficient (Wildman–Crippen LogP) is 3.49. The minimum Gasteiger partial charge on any atom is -0.507 e. The normalized spacial score (nSPS) is 24.7. The average molecular weight is 306 g/mol. The third-order valence-corrected chi connectivity index (χ3v) is 4.66. The van der Waals surface area contributed by atoms with Crippen LogP contribution in [0.15, 0.2) is 23.9 Å². The van der Waals surface area contributed by atoms with E-state index >= 15 is 4.39 Å². The van der Waals surface area contributed by atoms with Crippen LogP contribution in [0.2, 0.25) is 0 Å². The summed E-state index contributed by atoms with van der Waals surface area (Å²) in [6.45, 7) is 7.86. The number of phenols is 1. The van der Waals surface area contributed by atoms with E-state index in [4.69, 9.17) is 14.0 Å². The van der Waals surface area contributed by atoms with E-state index in [1.807, 2.05) is 27.7 Å². The lowest BCUT2D eigenvalue weighted by Crippen LogP contribution is -2.41. The first kappa shape index (κ1) is 15.4. The molecule has 1 saturated heterocycles. The van der Waals surface area contributed by atoms with Crippen LogP contribution < -0.4 is 4.74 Å². The highest BCUT2D eigenvalue weighted by molar-refractivity contribution is 6.55. The molecule has 2 heterocycles. The molecule has 22 heavy (non-hydrogen) atoms. The van der Waals surface area contributed by atoms with E-state index < -0.39 is 24.0 Å². The van der Waals surface area contributed by atoms with Gasteiger partial charge < -0.3 is 19.2 Å². The minimum absolute atomic E-state index is 0.00105. The van der Waals surface area contributed by atoms with Crippen LogP contribution >= 0.6 is 0 Å². The van der Waals surface area contributed by atoms with Crippen LogP contribution in [0.25, 0.3) is 5.57 Å². The Labute approximate surface area is 130 Å². The highest BCUT2D eigenvalue weighted by Gasteiger charge is 2.53. The summed E-state index contributed by atoms with van der Waals surface area (Å²) >= 11 is 0. The Kier molecular flexibility index (Phi) is 3.49. The zero-order valence-corrected chi connectivity index (χ0v) is 13.3. The highest BCUT2D eigenvalue weighted by Crippen LogP contribution is 2.44. The zero-order chi connectivity index (χ0) is 16.1. The maximum Gasteiger partial charge on any atom is 0.525 e. The standard InChI is InChI=1S/C16H20BFO4/c1-15(2)16(3,4)22-17(21-15)14(18)10-8-9-20-12-7-5-6-11(19)13(10)12/h5-7,19H,8-9H2,1-4H3. The first-order valence-electron chi connectivity index (χ1n) is 7.42. The van der Waals surface area contributed by atoms with Crippen molar-refractivity contribution in [3.63, 3.8) is 0 Å². The van der Waals surface area contributed by atoms with Gasteiger partial charge in [-0.25, -0.2) is 4.39 Å². The summed E-state index contributed by atoms with van der Waals surface area (Å²) < 4.78 is 32.0. The minimum atomic E-state index is -1.06. The first-order chi connectivity index (χ1) is 10.2. The Hall–Kier alpha value is -1.53. The van der Waals surface area contributed by atoms with Crippen LogP contribution in [-0.2, 0) is 9.31 Å². The number of fused-ring (bicyclic) bond motifs is 1. The Morgan fingerprint density at radius 3 is 2.45 bits per heavy atom. The second-order valence-electron chi connectivity index (χ2n) is 6.66. The monoisotopic (exact) mass is 306 g/mol. The van der Waals surface area contributed by atoms with Crippen molar-refractivity contribution in [2.75, 3.05) is 6.61 Å². The second kappa shape index (κ2) is 5.00. The summed E-state index contributed by atoms with van der Waals surface area (Å²) in [5.74, 6) is 0.479. The van der Waals surface area contributed by atoms with Crippen molar-refractivity contribution in [1.29, 1.82) is 0 Å². The molecule has 0 aromatic heterocycles. The number of halogens is 1. The molecule has 1 aromatic rings. The smallest absolute Gasteiger partial charge is 0.507 e. The third-order valence-electron chi connectivity index (χ3n) is 4.66. The molecule has 0 atom stereocenters. The number of phenolic OH excluding ortho intramolecular Hbond substituents is 1. The Balaban J connectivity index is 2.03. The lowest BCUT2D eigenvalue weighted by molar-refractivity contribution is 0.00578. The van der Waals surface area contributed by atoms with Crippen molar-refractivity contribution in [2.45, 2.75) is 45.3 Å². The molecule has 118 valence electrons. The van der Waals surface area contributed by atoms with Crippen molar-refractivity contribution >= 4 is 12.7 Å². The van der Waals surface area contributed by atoms with Gasteiger partial charge in [-0.3, -0.25) is 0 Å². The maximum atomic E-state index is 15.0. The van der Waals surface area contributed by atoms with Crippen molar-refractivity contribution in [3.05, 3.63) is 29.5 Å². The van der Waals surface area contributed by atoms with Crippen LogP contribution in [0.4, 0.5) is 4.39 Å². The van der Waals surface area contributed by atoms with E-state index in [1.54, 1.807) is 12.1 Å². The van der Waals surface area contributed by atoms with Crippen LogP contribution in [0.1, 0.15) is 39.7 Å². The molecule has 2 aliphatic heterocycles. The van der Waals surface area contributed by atoms with Crippen LogP contribution in [0.5, 0.6) is 11.5 Å². The molecule has 0 spiro atoms. The molecule has 6 heteroatoms. The second-order valence-corrected chi connectivity index (χ2v) is 6.66. The number of rotatable bonds is 1. The van der Waals surface area contributed by atoms with Gasteiger partial charge in [-0.15, -0.1) is 0 Å².